The molecule has 1 N–H and O–H groups in total. The van der Waals surface area contributed by atoms with E-state index in [-0.39, 0.29) is 0 Å². The zero-order valence-corrected chi connectivity index (χ0v) is 15.4. The van der Waals surface area contributed by atoms with E-state index in [0.29, 0.717) is 18.8 Å². The van der Waals surface area contributed by atoms with Crippen molar-refractivity contribution in [3.8, 4) is 11.5 Å². The molecule has 0 spiro atoms. The SMILES string of the molecule is CCCc1ccc2c(OCCC(O)c3ccccc3OC)cccc2c1. The maximum absolute atomic E-state index is 10.5. The first kappa shape index (κ1) is 18.3. The maximum Gasteiger partial charge on any atom is 0.127 e. The Morgan fingerprint density at radius 1 is 0.962 bits per heavy atom. The average molecular weight is 350 g/mol. The predicted molar refractivity (Wildman–Crippen MR) is 106 cm³/mol. The van der Waals surface area contributed by atoms with Crippen LogP contribution < -0.4 is 9.47 Å². The van der Waals surface area contributed by atoms with Crippen LogP contribution in [0, 0.1) is 0 Å². The summed E-state index contributed by atoms with van der Waals surface area (Å²) in [4.78, 5) is 0. The Labute approximate surface area is 155 Å². The Balaban J connectivity index is 1.68. The Morgan fingerprint density at radius 2 is 1.77 bits per heavy atom. The van der Waals surface area contributed by atoms with E-state index in [9.17, 15) is 5.11 Å². The Hall–Kier alpha value is -2.52. The van der Waals surface area contributed by atoms with Gasteiger partial charge in [-0.1, -0.05) is 61.9 Å². The maximum atomic E-state index is 10.5. The molecule has 26 heavy (non-hydrogen) atoms. The second kappa shape index (κ2) is 8.72. The Morgan fingerprint density at radius 3 is 2.58 bits per heavy atom. The van der Waals surface area contributed by atoms with Crippen LogP contribution in [0.5, 0.6) is 11.5 Å². The monoisotopic (exact) mass is 350 g/mol. The second-order valence-electron chi connectivity index (χ2n) is 6.46. The fraction of sp³-hybridized carbons (Fsp3) is 0.304. The molecule has 0 aromatic heterocycles. The van der Waals surface area contributed by atoms with Crippen LogP contribution >= 0.6 is 0 Å². The molecule has 3 nitrogen and oxygen atoms in total. The number of para-hydroxylation sites is 1. The van der Waals surface area contributed by atoms with Gasteiger partial charge in [0.2, 0.25) is 0 Å². The molecule has 0 fully saturated rings. The van der Waals surface area contributed by atoms with Crippen molar-refractivity contribution >= 4 is 10.8 Å². The van der Waals surface area contributed by atoms with Crippen molar-refractivity contribution < 1.29 is 14.6 Å². The number of ether oxygens (including phenoxy) is 2. The molecular weight excluding hydrogens is 324 g/mol. The Kier molecular flexibility index (Phi) is 6.13. The number of rotatable bonds is 8. The first-order valence-corrected chi connectivity index (χ1v) is 9.18. The third-order valence-corrected chi connectivity index (χ3v) is 4.59. The number of aryl methyl sites for hydroxylation is 1. The van der Waals surface area contributed by atoms with Crippen molar-refractivity contribution in [2.75, 3.05) is 13.7 Å². The van der Waals surface area contributed by atoms with Gasteiger partial charge in [-0.25, -0.2) is 0 Å². The van der Waals surface area contributed by atoms with Gasteiger partial charge >= 0.3 is 0 Å². The predicted octanol–water partition coefficient (Wildman–Crippen LogP) is 5.30. The number of methoxy groups -OCH3 is 1. The highest BCUT2D eigenvalue weighted by molar-refractivity contribution is 5.88. The number of benzene rings is 3. The van der Waals surface area contributed by atoms with Crippen molar-refractivity contribution in [3.63, 3.8) is 0 Å². The van der Waals surface area contributed by atoms with E-state index in [1.807, 2.05) is 36.4 Å². The van der Waals surface area contributed by atoms with Crippen molar-refractivity contribution in [1.29, 1.82) is 0 Å². The van der Waals surface area contributed by atoms with Crippen molar-refractivity contribution in [1.82, 2.24) is 0 Å². The van der Waals surface area contributed by atoms with Gasteiger partial charge in [-0.05, 0) is 29.5 Å². The highest BCUT2D eigenvalue weighted by Gasteiger charge is 2.13. The molecular formula is C23H26O3. The molecule has 0 bridgehead atoms. The van der Waals surface area contributed by atoms with E-state index < -0.39 is 6.10 Å². The van der Waals surface area contributed by atoms with Gasteiger partial charge in [0.15, 0.2) is 0 Å². The molecule has 3 aromatic carbocycles. The van der Waals surface area contributed by atoms with Gasteiger partial charge in [0.1, 0.15) is 11.5 Å². The van der Waals surface area contributed by atoms with Crippen LogP contribution in [-0.4, -0.2) is 18.8 Å². The van der Waals surface area contributed by atoms with Crippen LogP contribution in [0.2, 0.25) is 0 Å². The summed E-state index contributed by atoms with van der Waals surface area (Å²) < 4.78 is 11.3. The number of hydrogen-bond donors (Lipinski definition) is 1. The number of aliphatic hydroxyl groups excluding tert-OH is 1. The van der Waals surface area contributed by atoms with Crippen LogP contribution in [-0.2, 0) is 6.42 Å². The van der Waals surface area contributed by atoms with Crippen molar-refractivity contribution in [2.24, 2.45) is 0 Å². The summed E-state index contributed by atoms with van der Waals surface area (Å²) in [5.41, 5.74) is 2.14. The van der Waals surface area contributed by atoms with Crippen molar-refractivity contribution in [2.45, 2.75) is 32.3 Å². The first-order valence-electron chi connectivity index (χ1n) is 9.18. The molecule has 1 unspecified atom stereocenters. The number of hydrogen-bond acceptors (Lipinski definition) is 3. The minimum Gasteiger partial charge on any atom is -0.496 e. The lowest BCUT2D eigenvalue weighted by atomic mass is 10.0. The zero-order valence-electron chi connectivity index (χ0n) is 15.4. The summed E-state index contributed by atoms with van der Waals surface area (Å²) in [6.45, 7) is 2.63. The van der Waals surface area contributed by atoms with Gasteiger partial charge in [-0.3, -0.25) is 0 Å². The molecule has 3 heteroatoms. The number of fused-ring (bicyclic) bond motifs is 1. The van der Waals surface area contributed by atoms with Crippen LogP contribution in [0.15, 0.2) is 60.7 Å². The second-order valence-corrected chi connectivity index (χ2v) is 6.46. The highest BCUT2D eigenvalue weighted by Crippen LogP contribution is 2.29. The van der Waals surface area contributed by atoms with E-state index in [1.165, 1.54) is 10.9 Å². The summed E-state index contributed by atoms with van der Waals surface area (Å²) in [7, 11) is 1.62. The third-order valence-electron chi connectivity index (χ3n) is 4.59. The average Bonchev–Trinajstić information content (AvgIpc) is 2.68. The molecule has 3 rings (SSSR count). The molecule has 1 atom stereocenters. The lowest BCUT2D eigenvalue weighted by molar-refractivity contribution is 0.138. The van der Waals surface area contributed by atoms with Gasteiger partial charge in [0, 0.05) is 17.4 Å². The molecule has 0 heterocycles. The Bertz CT molecular complexity index is 857. The molecule has 0 radical (unpaired) electrons. The molecule has 3 aromatic rings. The van der Waals surface area contributed by atoms with Gasteiger partial charge in [0.05, 0.1) is 19.8 Å². The quantitative estimate of drug-likeness (QED) is 0.599. The molecule has 0 aliphatic rings. The van der Waals surface area contributed by atoms with E-state index in [0.717, 1.165) is 29.5 Å². The largest absolute Gasteiger partial charge is 0.496 e. The topological polar surface area (TPSA) is 38.7 Å². The zero-order chi connectivity index (χ0) is 18.4. The van der Waals surface area contributed by atoms with E-state index in [1.54, 1.807) is 7.11 Å². The van der Waals surface area contributed by atoms with Gasteiger partial charge in [0.25, 0.3) is 0 Å². The normalized spacial score (nSPS) is 12.1. The summed E-state index contributed by atoms with van der Waals surface area (Å²) in [5, 5.41) is 12.8. The van der Waals surface area contributed by atoms with Crippen LogP contribution in [0.1, 0.15) is 37.0 Å². The molecule has 0 aliphatic heterocycles. The van der Waals surface area contributed by atoms with Crippen LogP contribution in [0.4, 0.5) is 0 Å². The lowest BCUT2D eigenvalue weighted by Crippen LogP contribution is -2.07. The number of aliphatic hydroxyl groups is 1. The third kappa shape index (κ3) is 4.17. The van der Waals surface area contributed by atoms with Gasteiger partial charge in [-0.2, -0.15) is 0 Å². The van der Waals surface area contributed by atoms with Gasteiger partial charge < -0.3 is 14.6 Å². The standard InChI is InChI=1S/C23H26O3/c1-3-7-17-12-13-19-18(16-17)8-6-11-23(19)26-15-14-21(24)20-9-4-5-10-22(20)25-2/h4-6,8-13,16,21,24H,3,7,14-15H2,1-2H3. The fourth-order valence-corrected chi connectivity index (χ4v) is 3.25. The first-order chi connectivity index (χ1) is 12.7. The van der Waals surface area contributed by atoms with E-state index in [4.69, 9.17) is 9.47 Å². The lowest BCUT2D eigenvalue weighted by Gasteiger charge is -2.16. The molecule has 0 aliphatic carbocycles. The van der Waals surface area contributed by atoms with Crippen LogP contribution in [0.25, 0.3) is 10.8 Å². The van der Waals surface area contributed by atoms with Gasteiger partial charge in [-0.15, -0.1) is 0 Å². The summed E-state index contributed by atoms with van der Waals surface area (Å²) in [6.07, 6.45) is 2.12. The van der Waals surface area contributed by atoms with E-state index in [2.05, 4.69) is 31.2 Å². The molecule has 136 valence electrons. The summed E-state index contributed by atoms with van der Waals surface area (Å²) >= 11 is 0. The molecule has 0 amide bonds. The van der Waals surface area contributed by atoms with Crippen LogP contribution in [0.3, 0.4) is 0 Å². The minimum absolute atomic E-state index is 0.440. The minimum atomic E-state index is -0.614. The summed E-state index contributed by atoms with van der Waals surface area (Å²) in [6, 6.07) is 20.2. The van der Waals surface area contributed by atoms with Crippen molar-refractivity contribution in [3.05, 3.63) is 71.8 Å². The smallest absolute Gasteiger partial charge is 0.127 e. The summed E-state index contributed by atoms with van der Waals surface area (Å²) in [5.74, 6) is 1.56. The highest BCUT2D eigenvalue weighted by atomic mass is 16.5. The fourth-order valence-electron chi connectivity index (χ4n) is 3.25. The van der Waals surface area contributed by atoms with E-state index >= 15 is 0 Å². The molecule has 0 saturated carbocycles. The molecule has 0 saturated heterocycles.